The first-order chi connectivity index (χ1) is 7.09. The molecule has 0 radical (unpaired) electrons. The summed E-state index contributed by atoms with van der Waals surface area (Å²) in [5.74, 6) is -0.384. The van der Waals surface area contributed by atoms with Crippen molar-refractivity contribution in [3.05, 3.63) is 0 Å². The first-order valence-electron chi connectivity index (χ1n) is 5.57. The van der Waals surface area contributed by atoms with Gasteiger partial charge in [-0.2, -0.15) is 0 Å². The molecule has 1 unspecified atom stereocenters. The van der Waals surface area contributed by atoms with Gasteiger partial charge in [0.05, 0.1) is 0 Å². The van der Waals surface area contributed by atoms with Gasteiger partial charge in [0.15, 0.2) is 0 Å². The van der Waals surface area contributed by atoms with Crippen molar-refractivity contribution >= 4 is 11.9 Å². The summed E-state index contributed by atoms with van der Waals surface area (Å²) in [7, 11) is 0. The average Bonchev–Trinajstić information content (AvgIpc) is 2.08. The van der Waals surface area contributed by atoms with Gasteiger partial charge in [0.1, 0.15) is 0 Å². The molecule has 0 aliphatic carbocycles. The minimum absolute atomic E-state index is 0.103. The monoisotopic (exact) mass is 213 g/mol. The number of carbonyl (C=O) groups excluding carboxylic acids is 1. The summed E-state index contributed by atoms with van der Waals surface area (Å²) in [6, 6.07) is 0. The molecule has 4 heteroatoms. The van der Waals surface area contributed by atoms with Gasteiger partial charge in [-0.25, -0.2) is 0 Å². The SMILES string of the molecule is CC(=O)N1CCCCC(CC(=O)O)CC1. The number of rotatable bonds is 2. The van der Waals surface area contributed by atoms with Crippen LogP contribution in [0, 0.1) is 5.92 Å². The van der Waals surface area contributed by atoms with Crippen molar-refractivity contribution in [1.29, 1.82) is 0 Å². The van der Waals surface area contributed by atoms with Gasteiger partial charge < -0.3 is 10.0 Å². The summed E-state index contributed by atoms with van der Waals surface area (Å²) in [4.78, 5) is 23.6. The van der Waals surface area contributed by atoms with Gasteiger partial charge >= 0.3 is 5.97 Å². The van der Waals surface area contributed by atoms with Gasteiger partial charge in [-0.3, -0.25) is 9.59 Å². The van der Waals surface area contributed by atoms with Crippen LogP contribution in [-0.2, 0) is 9.59 Å². The highest BCUT2D eigenvalue weighted by molar-refractivity contribution is 5.73. The zero-order valence-electron chi connectivity index (χ0n) is 9.24. The molecule has 86 valence electrons. The van der Waals surface area contributed by atoms with Crippen molar-refractivity contribution in [3.8, 4) is 0 Å². The lowest BCUT2D eigenvalue weighted by molar-refractivity contribution is -0.138. The summed E-state index contributed by atoms with van der Waals surface area (Å²) in [6.07, 6.45) is 4.08. The number of carbonyl (C=O) groups is 2. The Morgan fingerprint density at radius 2 is 2.00 bits per heavy atom. The third-order valence-electron chi connectivity index (χ3n) is 3.01. The molecule has 1 aliphatic heterocycles. The van der Waals surface area contributed by atoms with E-state index in [0.717, 1.165) is 32.2 Å². The topological polar surface area (TPSA) is 57.6 Å². The molecule has 1 rings (SSSR count). The quantitative estimate of drug-likeness (QED) is 0.756. The van der Waals surface area contributed by atoms with E-state index in [1.165, 1.54) is 0 Å². The maximum absolute atomic E-state index is 11.2. The van der Waals surface area contributed by atoms with Gasteiger partial charge in [-0.05, 0) is 25.2 Å². The summed E-state index contributed by atoms with van der Waals surface area (Å²) in [5, 5.41) is 8.72. The second-order valence-electron chi connectivity index (χ2n) is 4.25. The fourth-order valence-corrected chi connectivity index (χ4v) is 2.10. The molecule has 0 saturated carbocycles. The fourth-order valence-electron chi connectivity index (χ4n) is 2.10. The number of nitrogens with zero attached hydrogens (tertiary/aromatic N) is 1. The van der Waals surface area contributed by atoms with Crippen LogP contribution in [0.1, 0.15) is 39.0 Å². The summed E-state index contributed by atoms with van der Waals surface area (Å²) in [6.45, 7) is 3.12. The van der Waals surface area contributed by atoms with Crippen LogP contribution in [-0.4, -0.2) is 35.0 Å². The molecule has 1 heterocycles. The molecule has 4 nitrogen and oxygen atoms in total. The number of hydrogen-bond acceptors (Lipinski definition) is 2. The molecular weight excluding hydrogens is 194 g/mol. The lowest BCUT2D eigenvalue weighted by atomic mass is 9.93. The predicted molar refractivity (Wildman–Crippen MR) is 56.5 cm³/mol. The molecule has 1 saturated heterocycles. The van der Waals surface area contributed by atoms with Crippen molar-refractivity contribution in [2.75, 3.05) is 13.1 Å². The van der Waals surface area contributed by atoms with Crippen molar-refractivity contribution < 1.29 is 14.7 Å². The molecular formula is C11H19NO3. The average molecular weight is 213 g/mol. The smallest absolute Gasteiger partial charge is 0.303 e. The third-order valence-corrected chi connectivity index (χ3v) is 3.01. The van der Waals surface area contributed by atoms with E-state index in [0.29, 0.717) is 6.54 Å². The summed E-state index contributed by atoms with van der Waals surface area (Å²) < 4.78 is 0. The van der Waals surface area contributed by atoms with E-state index in [9.17, 15) is 9.59 Å². The highest BCUT2D eigenvalue weighted by atomic mass is 16.4. The minimum atomic E-state index is -0.727. The van der Waals surface area contributed by atoms with Crippen LogP contribution in [0.4, 0.5) is 0 Å². The molecule has 1 N–H and O–H groups in total. The zero-order valence-corrected chi connectivity index (χ0v) is 9.24. The van der Waals surface area contributed by atoms with Crippen LogP contribution in [0.5, 0.6) is 0 Å². The number of likely N-dealkylation sites (tertiary alicyclic amines) is 1. The standard InChI is InChI=1S/C11H19NO3/c1-9(13)12-6-3-2-4-10(5-7-12)8-11(14)15/h10H,2-8H2,1H3,(H,14,15). The largest absolute Gasteiger partial charge is 0.481 e. The molecule has 0 aromatic carbocycles. The molecule has 1 atom stereocenters. The Labute approximate surface area is 90.3 Å². The van der Waals surface area contributed by atoms with E-state index in [1.807, 2.05) is 4.90 Å². The minimum Gasteiger partial charge on any atom is -0.481 e. The van der Waals surface area contributed by atoms with Crippen LogP contribution in [0.2, 0.25) is 0 Å². The van der Waals surface area contributed by atoms with Crippen molar-refractivity contribution in [2.45, 2.75) is 39.0 Å². The van der Waals surface area contributed by atoms with Crippen LogP contribution in [0.3, 0.4) is 0 Å². The second kappa shape index (κ2) is 5.73. The molecule has 1 aliphatic rings. The van der Waals surface area contributed by atoms with E-state index in [4.69, 9.17) is 5.11 Å². The first kappa shape index (κ1) is 12.0. The van der Waals surface area contributed by atoms with Crippen LogP contribution < -0.4 is 0 Å². The van der Waals surface area contributed by atoms with Crippen LogP contribution in [0.25, 0.3) is 0 Å². The maximum atomic E-state index is 11.2. The van der Waals surface area contributed by atoms with Gasteiger partial charge in [0.2, 0.25) is 5.91 Å². The first-order valence-corrected chi connectivity index (χ1v) is 5.57. The Morgan fingerprint density at radius 3 is 2.60 bits per heavy atom. The Hall–Kier alpha value is -1.06. The highest BCUT2D eigenvalue weighted by Crippen LogP contribution is 2.20. The molecule has 0 bridgehead atoms. The van der Waals surface area contributed by atoms with Gasteiger partial charge in [-0.15, -0.1) is 0 Å². The van der Waals surface area contributed by atoms with E-state index >= 15 is 0 Å². The van der Waals surface area contributed by atoms with Gasteiger partial charge in [0.25, 0.3) is 0 Å². The Morgan fingerprint density at radius 1 is 1.27 bits per heavy atom. The molecule has 0 aromatic rings. The third kappa shape index (κ3) is 4.32. The van der Waals surface area contributed by atoms with E-state index in [1.54, 1.807) is 6.92 Å². The van der Waals surface area contributed by atoms with Crippen LogP contribution in [0.15, 0.2) is 0 Å². The number of carboxylic acid groups (broad SMARTS) is 1. The highest BCUT2D eigenvalue weighted by Gasteiger charge is 2.18. The Balaban J connectivity index is 2.43. The molecule has 1 amide bonds. The predicted octanol–water partition coefficient (Wildman–Crippen LogP) is 1.50. The zero-order chi connectivity index (χ0) is 11.3. The van der Waals surface area contributed by atoms with Crippen molar-refractivity contribution in [3.63, 3.8) is 0 Å². The molecule has 0 spiro atoms. The van der Waals surface area contributed by atoms with Crippen LogP contribution >= 0.6 is 0 Å². The number of aliphatic carboxylic acids is 1. The van der Waals surface area contributed by atoms with Gasteiger partial charge in [0, 0.05) is 26.4 Å². The van der Waals surface area contributed by atoms with Gasteiger partial charge in [-0.1, -0.05) is 6.42 Å². The number of hydrogen-bond donors (Lipinski definition) is 1. The Kier molecular flexibility index (Phi) is 4.59. The van der Waals surface area contributed by atoms with E-state index < -0.39 is 5.97 Å². The second-order valence-corrected chi connectivity index (χ2v) is 4.25. The van der Waals surface area contributed by atoms with Crippen molar-refractivity contribution in [2.24, 2.45) is 5.92 Å². The summed E-state index contributed by atoms with van der Waals surface area (Å²) >= 11 is 0. The van der Waals surface area contributed by atoms with Crippen molar-refractivity contribution in [1.82, 2.24) is 4.90 Å². The normalized spacial score (nSPS) is 23.0. The Bertz CT molecular complexity index is 240. The van der Waals surface area contributed by atoms with E-state index in [2.05, 4.69) is 0 Å². The summed E-state index contributed by atoms with van der Waals surface area (Å²) in [5.41, 5.74) is 0. The fraction of sp³-hybridized carbons (Fsp3) is 0.818. The van der Waals surface area contributed by atoms with E-state index in [-0.39, 0.29) is 18.2 Å². The lowest BCUT2D eigenvalue weighted by Gasteiger charge is -2.26. The molecule has 15 heavy (non-hydrogen) atoms. The number of amides is 1. The molecule has 0 aromatic heterocycles. The number of carboxylic acids is 1. The lowest BCUT2D eigenvalue weighted by Crippen LogP contribution is -2.33. The maximum Gasteiger partial charge on any atom is 0.303 e. The molecule has 1 fully saturated rings.